The highest BCUT2D eigenvalue weighted by molar-refractivity contribution is 5.79. The van der Waals surface area contributed by atoms with Crippen LogP contribution in [0.15, 0.2) is 0 Å². The van der Waals surface area contributed by atoms with Crippen LogP contribution in [0.4, 0.5) is 0 Å². The molecule has 7 N–H and O–H groups in total. The molecule has 8 nitrogen and oxygen atoms in total. The van der Waals surface area contributed by atoms with Crippen molar-refractivity contribution in [3.05, 3.63) is 0 Å². The average molecular weight is 211 g/mol. The minimum Gasteiger partial charge on any atom is -0.394 e. The quantitative estimate of drug-likeness (QED) is 0.180. The van der Waals surface area contributed by atoms with Crippen molar-refractivity contribution in [2.45, 2.75) is 24.4 Å². The summed E-state index contributed by atoms with van der Waals surface area (Å²) >= 11 is 0. The van der Waals surface area contributed by atoms with Crippen LogP contribution in [0.3, 0.4) is 0 Å². The average Bonchev–Trinajstić information content (AvgIpc) is 2.23. The first-order chi connectivity index (χ1) is 6.45. The van der Waals surface area contributed by atoms with Gasteiger partial charge in [-0.05, 0) is 0 Å². The van der Waals surface area contributed by atoms with Gasteiger partial charge < -0.3 is 25.5 Å². The molecule has 0 aliphatic heterocycles. The number of nitrogens with one attached hydrogen (secondary N) is 1. The van der Waals surface area contributed by atoms with E-state index in [0.29, 0.717) is 0 Å². The topological polar surface area (TPSA) is 150 Å². The molecule has 8 heteroatoms. The second kappa shape index (κ2) is 5.86. The fourth-order valence-electron chi connectivity index (χ4n) is 0.744. The molecule has 4 atom stereocenters. The highest BCUT2D eigenvalue weighted by Crippen LogP contribution is 2.04. The molecule has 1 amide bonds. The fraction of sp³-hybridized carbons (Fsp3) is 0.833. The molecule has 0 aromatic heterocycles. The SMILES string of the molecule is O=C(NO)C(O)C(O)C(O)C(O)CO. The van der Waals surface area contributed by atoms with Crippen LogP contribution in [-0.2, 0) is 4.79 Å². The lowest BCUT2D eigenvalue weighted by Crippen LogP contribution is -2.51. The molecule has 4 unspecified atom stereocenters. The van der Waals surface area contributed by atoms with Gasteiger partial charge in [0.1, 0.15) is 18.3 Å². The zero-order chi connectivity index (χ0) is 11.3. The third-order valence-corrected chi connectivity index (χ3v) is 1.63. The third kappa shape index (κ3) is 3.18. The minimum atomic E-state index is -2.10. The second-order valence-electron chi connectivity index (χ2n) is 2.65. The van der Waals surface area contributed by atoms with Crippen LogP contribution in [0.5, 0.6) is 0 Å². The summed E-state index contributed by atoms with van der Waals surface area (Å²) in [6.07, 6.45) is -7.70. The standard InChI is InChI=1S/C6H13NO7/c8-1-2(9)3(10)4(11)5(12)6(13)7-14/h2-5,8-12,14H,1H2,(H,7,13). The van der Waals surface area contributed by atoms with E-state index in [1.807, 2.05) is 0 Å². The molecule has 14 heavy (non-hydrogen) atoms. The van der Waals surface area contributed by atoms with Crippen molar-refractivity contribution in [2.24, 2.45) is 0 Å². The summed E-state index contributed by atoms with van der Waals surface area (Å²) in [6.45, 7) is -0.842. The predicted molar refractivity (Wildman–Crippen MR) is 41.0 cm³/mol. The summed E-state index contributed by atoms with van der Waals surface area (Å²) in [7, 11) is 0. The molecule has 0 aromatic rings. The van der Waals surface area contributed by atoms with E-state index in [1.165, 1.54) is 0 Å². The Hall–Kier alpha value is -0.770. The van der Waals surface area contributed by atoms with Crippen LogP contribution in [0.2, 0.25) is 0 Å². The van der Waals surface area contributed by atoms with Gasteiger partial charge in [-0.2, -0.15) is 0 Å². The van der Waals surface area contributed by atoms with Gasteiger partial charge in [-0.25, -0.2) is 5.48 Å². The van der Waals surface area contributed by atoms with Crippen molar-refractivity contribution in [3.63, 3.8) is 0 Å². The molecule has 0 spiro atoms. The van der Waals surface area contributed by atoms with Gasteiger partial charge in [0.25, 0.3) is 5.91 Å². The van der Waals surface area contributed by atoms with Crippen molar-refractivity contribution >= 4 is 5.91 Å². The van der Waals surface area contributed by atoms with E-state index >= 15 is 0 Å². The number of hydrogen-bond acceptors (Lipinski definition) is 7. The maximum Gasteiger partial charge on any atom is 0.274 e. The number of aliphatic hydroxyl groups is 5. The highest BCUT2D eigenvalue weighted by Gasteiger charge is 2.33. The Kier molecular flexibility index (Phi) is 5.53. The van der Waals surface area contributed by atoms with E-state index in [2.05, 4.69) is 0 Å². The first-order valence-corrected chi connectivity index (χ1v) is 3.72. The number of rotatable bonds is 5. The van der Waals surface area contributed by atoms with Crippen LogP contribution in [-0.4, -0.2) is 67.7 Å². The van der Waals surface area contributed by atoms with Gasteiger partial charge in [0.05, 0.1) is 6.61 Å². The molecular weight excluding hydrogens is 198 g/mol. The fourth-order valence-corrected chi connectivity index (χ4v) is 0.744. The summed E-state index contributed by atoms with van der Waals surface area (Å²) in [4.78, 5) is 10.5. The largest absolute Gasteiger partial charge is 0.394 e. The van der Waals surface area contributed by atoms with Crippen molar-refractivity contribution in [1.29, 1.82) is 0 Å². The Bertz CT molecular complexity index is 187. The van der Waals surface area contributed by atoms with Crippen LogP contribution in [0.1, 0.15) is 0 Å². The van der Waals surface area contributed by atoms with Gasteiger partial charge in [0, 0.05) is 0 Å². The smallest absolute Gasteiger partial charge is 0.274 e. The van der Waals surface area contributed by atoms with Gasteiger partial charge in [0.15, 0.2) is 6.10 Å². The number of aliphatic hydroxyl groups excluding tert-OH is 5. The van der Waals surface area contributed by atoms with Gasteiger partial charge in [-0.15, -0.1) is 0 Å². The molecule has 0 saturated carbocycles. The van der Waals surface area contributed by atoms with Gasteiger partial charge in [-0.3, -0.25) is 10.0 Å². The zero-order valence-electron chi connectivity index (χ0n) is 7.11. The van der Waals surface area contributed by atoms with E-state index in [4.69, 9.17) is 30.7 Å². The van der Waals surface area contributed by atoms with Crippen LogP contribution in [0, 0.1) is 0 Å². The van der Waals surface area contributed by atoms with E-state index in [0.717, 1.165) is 5.48 Å². The summed E-state index contributed by atoms with van der Waals surface area (Å²) < 4.78 is 0. The number of carbonyl (C=O) groups excluding carboxylic acids is 1. The number of hydroxylamine groups is 1. The summed E-state index contributed by atoms with van der Waals surface area (Å²) in [5, 5.41) is 52.3. The molecule has 0 aromatic carbocycles. The maximum atomic E-state index is 10.5. The summed E-state index contributed by atoms with van der Waals surface area (Å²) in [5.74, 6) is -1.33. The molecule has 0 rings (SSSR count). The number of hydrogen-bond donors (Lipinski definition) is 7. The normalized spacial score (nSPS) is 19.6. The lowest BCUT2D eigenvalue weighted by atomic mass is 10.0. The molecular formula is C6H13NO7. The van der Waals surface area contributed by atoms with Crippen LogP contribution < -0.4 is 5.48 Å². The lowest BCUT2D eigenvalue weighted by molar-refractivity contribution is -0.156. The molecule has 0 aliphatic carbocycles. The Balaban J connectivity index is 4.30. The van der Waals surface area contributed by atoms with Crippen LogP contribution >= 0.6 is 0 Å². The second-order valence-corrected chi connectivity index (χ2v) is 2.65. The summed E-state index contributed by atoms with van der Waals surface area (Å²) in [5.41, 5.74) is 1.05. The molecule has 0 bridgehead atoms. The van der Waals surface area contributed by atoms with E-state index in [-0.39, 0.29) is 0 Å². The highest BCUT2D eigenvalue weighted by atomic mass is 16.5. The molecule has 0 aliphatic rings. The number of carbonyl (C=O) groups is 1. The predicted octanol–water partition coefficient (Wildman–Crippen LogP) is -4.07. The summed E-state index contributed by atoms with van der Waals surface area (Å²) in [6, 6.07) is 0. The van der Waals surface area contributed by atoms with Crippen molar-refractivity contribution in [3.8, 4) is 0 Å². The molecule has 0 heterocycles. The number of amides is 1. The van der Waals surface area contributed by atoms with Crippen molar-refractivity contribution in [2.75, 3.05) is 6.61 Å². The Morgan fingerprint density at radius 1 is 1.14 bits per heavy atom. The Morgan fingerprint density at radius 3 is 2.00 bits per heavy atom. The molecule has 0 saturated heterocycles. The van der Waals surface area contributed by atoms with Gasteiger partial charge in [-0.1, -0.05) is 0 Å². The zero-order valence-corrected chi connectivity index (χ0v) is 7.11. The minimum absolute atomic E-state index is 0.842. The van der Waals surface area contributed by atoms with E-state index in [9.17, 15) is 4.79 Å². The van der Waals surface area contributed by atoms with Gasteiger partial charge in [0.2, 0.25) is 0 Å². The Labute approximate surface area is 79.0 Å². The van der Waals surface area contributed by atoms with Crippen LogP contribution in [0.25, 0.3) is 0 Å². The first-order valence-electron chi connectivity index (χ1n) is 3.72. The van der Waals surface area contributed by atoms with Crippen molar-refractivity contribution < 1.29 is 35.5 Å². The van der Waals surface area contributed by atoms with E-state index < -0.39 is 36.9 Å². The molecule has 0 radical (unpaired) electrons. The lowest BCUT2D eigenvalue weighted by Gasteiger charge is -2.24. The monoisotopic (exact) mass is 211 g/mol. The Morgan fingerprint density at radius 2 is 1.64 bits per heavy atom. The molecule has 0 fully saturated rings. The van der Waals surface area contributed by atoms with Gasteiger partial charge >= 0.3 is 0 Å². The van der Waals surface area contributed by atoms with E-state index in [1.54, 1.807) is 0 Å². The third-order valence-electron chi connectivity index (χ3n) is 1.63. The molecule has 84 valence electrons. The van der Waals surface area contributed by atoms with Crippen molar-refractivity contribution in [1.82, 2.24) is 5.48 Å². The first kappa shape index (κ1) is 13.2. The maximum absolute atomic E-state index is 10.5.